The van der Waals surface area contributed by atoms with E-state index in [9.17, 15) is 4.79 Å². The van der Waals surface area contributed by atoms with Crippen molar-refractivity contribution < 1.29 is 9.90 Å². The van der Waals surface area contributed by atoms with E-state index in [1.165, 1.54) is 24.8 Å². The molecular formula is C25H32N4O2. The molecule has 2 atom stereocenters. The molecule has 1 aromatic carbocycles. The van der Waals surface area contributed by atoms with Crippen LogP contribution in [0.15, 0.2) is 48.3 Å². The van der Waals surface area contributed by atoms with E-state index >= 15 is 0 Å². The van der Waals surface area contributed by atoms with Gasteiger partial charge < -0.3 is 15.7 Å². The van der Waals surface area contributed by atoms with E-state index in [4.69, 9.17) is 5.11 Å². The molecule has 0 radical (unpaired) electrons. The van der Waals surface area contributed by atoms with Gasteiger partial charge in [-0.15, -0.1) is 0 Å². The van der Waals surface area contributed by atoms with Gasteiger partial charge in [0.2, 0.25) is 5.82 Å². The normalized spacial score (nSPS) is 25.9. The maximum absolute atomic E-state index is 10.8. The van der Waals surface area contributed by atoms with Gasteiger partial charge in [-0.05, 0) is 50.0 Å². The average Bonchev–Trinajstić information content (AvgIpc) is 3.56. The Labute approximate surface area is 184 Å². The first-order valence-corrected chi connectivity index (χ1v) is 11.4. The maximum Gasteiger partial charge on any atom is 0.373 e. The monoisotopic (exact) mass is 420 g/mol. The molecule has 6 nitrogen and oxygen atoms in total. The van der Waals surface area contributed by atoms with Crippen LogP contribution in [0.25, 0.3) is 6.08 Å². The van der Waals surface area contributed by atoms with Crippen LogP contribution in [0, 0.1) is 5.92 Å². The maximum atomic E-state index is 10.8. The number of nitrogens with zero attached hydrogens (tertiary/aromatic N) is 2. The lowest BCUT2D eigenvalue weighted by atomic mass is 9.91. The summed E-state index contributed by atoms with van der Waals surface area (Å²) in [7, 11) is 0. The Balaban J connectivity index is 1.18. The molecule has 2 aliphatic carbocycles. The number of aromatic nitrogens is 2. The fourth-order valence-electron chi connectivity index (χ4n) is 4.61. The Hall–Kier alpha value is -2.57. The molecule has 0 saturated heterocycles. The number of carbonyl (C=O) groups is 1. The van der Waals surface area contributed by atoms with Gasteiger partial charge in [0.05, 0.1) is 0 Å². The van der Waals surface area contributed by atoms with Gasteiger partial charge in [0.25, 0.3) is 0 Å². The number of carboxylic acid groups (broad SMARTS) is 1. The molecule has 0 amide bonds. The van der Waals surface area contributed by atoms with Crippen molar-refractivity contribution in [1.82, 2.24) is 20.6 Å². The van der Waals surface area contributed by atoms with Crippen LogP contribution in [0.2, 0.25) is 0 Å². The number of hydrogen-bond donors (Lipinski definition) is 3. The minimum absolute atomic E-state index is 0.154. The molecule has 0 aliphatic heterocycles. The first-order chi connectivity index (χ1) is 15.1. The highest BCUT2D eigenvalue weighted by molar-refractivity contribution is 5.82. The Kier molecular flexibility index (Phi) is 7.10. The molecule has 3 N–H and O–H groups in total. The Bertz CT molecular complexity index is 889. The van der Waals surface area contributed by atoms with Crippen molar-refractivity contribution in [1.29, 1.82) is 0 Å². The molecule has 2 saturated carbocycles. The number of nitrogens with one attached hydrogen (secondary N) is 2. The fraction of sp³-hybridized carbons (Fsp3) is 0.480. The molecule has 2 aromatic rings. The van der Waals surface area contributed by atoms with Crippen LogP contribution in [-0.2, 0) is 6.54 Å². The predicted molar refractivity (Wildman–Crippen MR) is 122 cm³/mol. The summed E-state index contributed by atoms with van der Waals surface area (Å²) in [6.45, 7) is 2.94. The van der Waals surface area contributed by atoms with Gasteiger partial charge in [-0.3, -0.25) is 0 Å². The Morgan fingerprint density at radius 3 is 2.42 bits per heavy atom. The number of aromatic carboxylic acids is 1. The summed E-state index contributed by atoms with van der Waals surface area (Å²) >= 11 is 0. The third-order valence-electron chi connectivity index (χ3n) is 6.50. The van der Waals surface area contributed by atoms with E-state index in [-0.39, 0.29) is 5.82 Å². The number of carboxylic acids is 1. The van der Waals surface area contributed by atoms with Crippen molar-refractivity contribution in [3.63, 3.8) is 0 Å². The van der Waals surface area contributed by atoms with Crippen molar-refractivity contribution in [2.45, 2.75) is 70.1 Å². The summed E-state index contributed by atoms with van der Waals surface area (Å²) < 4.78 is 0. The first-order valence-electron chi connectivity index (χ1n) is 11.4. The van der Waals surface area contributed by atoms with Crippen molar-refractivity contribution >= 4 is 12.0 Å². The van der Waals surface area contributed by atoms with Gasteiger partial charge in [0.1, 0.15) is 0 Å². The zero-order valence-corrected chi connectivity index (χ0v) is 18.1. The molecule has 0 spiro atoms. The van der Waals surface area contributed by atoms with Gasteiger partial charge in [0.15, 0.2) is 0 Å². The zero-order valence-electron chi connectivity index (χ0n) is 18.1. The molecule has 6 heteroatoms. The van der Waals surface area contributed by atoms with Crippen LogP contribution < -0.4 is 10.6 Å². The minimum Gasteiger partial charge on any atom is -0.475 e. The van der Waals surface area contributed by atoms with E-state index in [0.29, 0.717) is 30.6 Å². The third-order valence-corrected chi connectivity index (χ3v) is 6.50. The van der Waals surface area contributed by atoms with Crippen LogP contribution in [0.5, 0.6) is 0 Å². The summed E-state index contributed by atoms with van der Waals surface area (Å²) in [5.41, 5.74) is 3.79. The van der Waals surface area contributed by atoms with E-state index in [2.05, 4.69) is 63.9 Å². The standard InChI is InChI=1S/C25H32N4O2/c1-2-19(12-17-6-4-3-5-7-17)22-13-23(22)29-21-10-8-20(9-11-21)26-14-18-15-27-24(25(30)31)28-16-18/h3-7,12,15-16,20-23,26,29H,2,8-11,13-14H2,1H3,(H,30,31)/t20-,21-,22-,23+/m0/s1. The third kappa shape index (κ3) is 5.99. The van der Waals surface area contributed by atoms with Crippen molar-refractivity contribution in [3.8, 4) is 0 Å². The molecule has 2 aliphatic rings. The summed E-state index contributed by atoms with van der Waals surface area (Å²) in [5, 5.41) is 16.4. The quantitative estimate of drug-likeness (QED) is 0.567. The lowest BCUT2D eigenvalue weighted by molar-refractivity contribution is 0.0683. The molecule has 2 fully saturated rings. The smallest absolute Gasteiger partial charge is 0.373 e. The summed E-state index contributed by atoms with van der Waals surface area (Å²) in [4.78, 5) is 18.6. The van der Waals surface area contributed by atoms with Gasteiger partial charge in [-0.2, -0.15) is 0 Å². The molecular weight excluding hydrogens is 388 g/mol. The van der Waals surface area contributed by atoms with E-state index < -0.39 is 5.97 Å². The summed E-state index contributed by atoms with van der Waals surface area (Å²) in [6.07, 6.45) is 12.6. The van der Waals surface area contributed by atoms with Crippen molar-refractivity contribution in [2.75, 3.05) is 0 Å². The second-order valence-corrected chi connectivity index (χ2v) is 8.75. The zero-order chi connectivity index (χ0) is 21.6. The van der Waals surface area contributed by atoms with E-state index in [1.807, 2.05) is 0 Å². The van der Waals surface area contributed by atoms with Gasteiger partial charge in [0, 0.05) is 42.6 Å². The van der Waals surface area contributed by atoms with Crippen LogP contribution in [0.3, 0.4) is 0 Å². The second-order valence-electron chi connectivity index (χ2n) is 8.75. The van der Waals surface area contributed by atoms with Crippen LogP contribution in [-0.4, -0.2) is 39.2 Å². The Morgan fingerprint density at radius 2 is 1.77 bits per heavy atom. The van der Waals surface area contributed by atoms with Gasteiger partial charge in [-0.1, -0.05) is 48.9 Å². The molecule has 1 aromatic heterocycles. The number of benzene rings is 1. The predicted octanol–water partition coefficient (Wildman–Crippen LogP) is 4.05. The molecule has 0 bridgehead atoms. The fourth-order valence-corrected chi connectivity index (χ4v) is 4.61. The second kappa shape index (κ2) is 10.2. The van der Waals surface area contributed by atoms with Crippen molar-refractivity contribution in [3.05, 3.63) is 65.2 Å². The molecule has 164 valence electrons. The highest BCUT2D eigenvalue weighted by Gasteiger charge is 2.40. The first kappa shape index (κ1) is 21.7. The molecule has 1 heterocycles. The molecule has 31 heavy (non-hydrogen) atoms. The highest BCUT2D eigenvalue weighted by atomic mass is 16.4. The number of hydrogen-bond acceptors (Lipinski definition) is 5. The molecule has 4 rings (SSSR count). The summed E-state index contributed by atoms with van der Waals surface area (Å²) in [6, 6.07) is 12.4. The van der Waals surface area contributed by atoms with Crippen molar-refractivity contribution in [2.24, 2.45) is 5.92 Å². The minimum atomic E-state index is -1.09. The van der Waals surface area contributed by atoms with Gasteiger partial charge in [-0.25, -0.2) is 14.8 Å². The van der Waals surface area contributed by atoms with Crippen LogP contribution in [0.4, 0.5) is 0 Å². The molecule has 0 unspecified atom stereocenters. The number of rotatable bonds is 9. The van der Waals surface area contributed by atoms with E-state index in [0.717, 1.165) is 24.8 Å². The summed E-state index contributed by atoms with van der Waals surface area (Å²) in [5.74, 6) is -0.557. The van der Waals surface area contributed by atoms with Gasteiger partial charge >= 0.3 is 5.97 Å². The van der Waals surface area contributed by atoms with Crippen LogP contribution in [0.1, 0.15) is 67.2 Å². The average molecular weight is 421 g/mol. The van der Waals surface area contributed by atoms with E-state index in [1.54, 1.807) is 18.0 Å². The lowest BCUT2D eigenvalue weighted by Crippen LogP contribution is -2.40. The lowest BCUT2D eigenvalue weighted by Gasteiger charge is -2.30. The van der Waals surface area contributed by atoms with Crippen LogP contribution >= 0.6 is 0 Å². The highest BCUT2D eigenvalue weighted by Crippen LogP contribution is 2.40. The largest absolute Gasteiger partial charge is 0.475 e. The Morgan fingerprint density at radius 1 is 1.10 bits per heavy atom. The topological polar surface area (TPSA) is 87.1 Å². The SMILES string of the molecule is CCC(=Cc1ccccc1)[C@@H]1C[C@H]1N[C@H]1CC[C@H](NCc2cnc(C(=O)O)nc2)CC1.